The minimum absolute atomic E-state index is 0.0281. The Morgan fingerprint density at radius 3 is 2.93 bits per heavy atom. The number of nitrogens with zero attached hydrogens (tertiary/aromatic N) is 1. The molecule has 5 N–H and O–H groups in total. The number of nitrogens with two attached hydrogens (primary N) is 2. The Morgan fingerprint density at radius 2 is 2.29 bits per heavy atom. The van der Waals surface area contributed by atoms with Crippen molar-refractivity contribution in [2.75, 3.05) is 5.73 Å². The van der Waals surface area contributed by atoms with Gasteiger partial charge in [-0.25, -0.2) is 4.98 Å². The molecule has 0 aliphatic carbocycles. The van der Waals surface area contributed by atoms with Gasteiger partial charge in [0.15, 0.2) is 0 Å². The van der Waals surface area contributed by atoms with Crippen molar-refractivity contribution in [1.82, 2.24) is 9.97 Å². The lowest BCUT2D eigenvalue weighted by Gasteiger charge is -1.89. The first-order chi connectivity index (χ1) is 6.58. The second-order valence-corrected chi connectivity index (χ2v) is 3.68. The lowest BCUT2D eigenvalue weighted by atomic mass is 10.3. The summed E-state index contributed by atoms with van der Waals surface area (Å²) in [6.45, 7) is 0. The molecule has 2 heterocycles. The quantitative estimate of drug-likeness (QED) is 0.597. The third-order valence-electron chi connectivity index (χ3n) is 1.66. The fourth-order valence-corrected chi connectivity index (χ4v) is 1.96. The number of aromatic nitrogens is 2. The number of aromatic amines is 1. The Kier molecular flexibility index (Phi) is 1.74. The van der Waals surface area contributed by atoms with E-state index in [9.17, 15) is 9.59 Å². The van der Waals surface area contributed by atoms with Gasteiger partial charge in [0.2, 0.25) is 5.95 Å². The molecule has 6 nitrogen and oxygen atoms in total. The van der Waals surface area contributed by atoms with Crippen LogP contribution >= 0.6 is 11.3 Å². The molecule has 7 heteroatoms. The van der Waals surface area contributed by atoms with Crippen molar-refractivity contribution in [3.8, 4) is 0 Å². The van der Waals surface area contributed by atoms with E-state index in [4.69, 9.17) is 11.5 Å². The van der Waals surface area contributed by atoms with Crippen LogP contribution in [0.4, 0.5) is 5.95 Å². The van der Waals surface area contributed by atoms with Gasteiger partial charge in [-0.15, -0.1) is 11.3 Å². The van der Waals surface area contributed by atoms with Crippen molar-refractivity contribution in [1.29, 1.82) is 0 Å². The molecule has 0 spiro atoms. The summed E-state index contributed by atoms with van der Waals surface area (Å²) < 4.78 is 0. The smallest absolute Gasteiger partial charge is 0.261 e. The first-order valence-corrected chi connectivity index (χ1v) is 4.48. The van der Waals surface area contributed by atoms with Crippen molar-refractivity contribution < 1.29 is 4.79 Å². The first-order valence-electron chi connectivity index (χ1n) is 3.67. The summed E-state index contributed by atoms with van der Waals surface area (Å²) in [6.07, 6.45) is 0. The van der Waals surface area contributed by atoms with E-state index in [-0.39, 0.29) is 11.5 Å². The fraction of sp³-hybridized carbons (Fsp3) is 0. The van der Waals surface area contributed by atoms with Gasteiger partial charge in [-0.1, -0.05) is 0 Å². The van der Waals surface area contributed by atoms with Gasteiger partial charge in [0.05, 0.1) is 10.3 Å². The van der Waals surface area contributed by atoms with Crippen molar-refractivity contribution in [3.05, 3.63) is 21.3 Å². The molecule has 1 amide bonds. The van der Waals surface area contributed by atoms with E-state index in [2.05, 4.69) is 9.97 Å². The van der Waals surface area contributed by atoms with Crippen LogP contribution < -0.4 is 17.0 Å². The largest absolute Gasteiger partial charge is 0.369 e. The van der Waals surface area contributed by atoms with E-state index in [1.165, 1.54) is 6.07 Å². The topological polar surface area (TPSA) is 115 Å². The maximum absolute atomic E-state index is 11.3. The fourth-order valence-electron chi connectivity index (χ4n) is 1.07. The van der Waals surface area contributed by atoms with Gasteiger partial charge in [-0.2, -0.15) is 0 Å². The summed E-state index contributed by atoms with van der Waals surface area (Å²) in [4.78, 5) is 29.1. The molecule has 72 valence electrons. The summed E-state index contributed by atoms with van der Waals surface area (Å²) in [6, 6.07) is 1.41. The van der Waals surface area contributed by atoms with Gasteiger partial charge < -0.3 is 11.5 Å². The van der Waals surface area contributed by atoms with Crippen LogP contribution in [0.3, 0.4) is 0 Å². The van der Waals surface area contributed by atoms with Crippen molar-refractivity contribution in [3.63, 3.8) is 0 Å². The van der Waals surface area contributed by atoms with Crippen molar-refractivity contribution >= 4 is 33.4 Å². The minimum atomic E-state index is -0.578. The number of H-pyrrole nitrogens is 1. The molecule has 0 saturated heterocycles. The molecule has 0 fully saturated rings. The normalized spacial score (nSPS) is 10.6. The van der Waals surface area contributed by atoms with Crippen LogP contribution in [0.1, 0.15) is 9.67 Å². The monoisotopic (exact) mass is 210 g/mol. The molecule has 0 aliphatic rings. The summed E-state index contributed by atoms with van der Waals surface area (Å²) in [5, 5.41) is 0.331. The predicted octanol–water partition coefficient (Wildman–Crippen LogP) is -0.334. The van der Waals surface area contributed by atoms with Crippen LogP contribution in [0.25, 0.3) is 10.2 Å². The number of fused-ring (bicyclic) bond motifs is 1. The molecule has 0 aromatic carbocycles. The average molecular weight is 210 g/mol. The zero-order valence-corrected chi connectivity index (χ0v) is 7.72. The van der Waals surface area contributed by atoms with Crippen molar-refractivity contribution in [2.24, 2.45) is 5.73 Å². The maximum Gasteiger partial charge on any atom is 0.261 e. The van der Waals surface area contributed by atoms with Crippen LogP contribution in [0.2, 0.25) is 0 Å². The van der Waals surface area contributed by atoms with E-state index in [0.717, 1.165) is 11.3 Å². The number of thiophene rings is 1. The Bertz CT molecular complexity index is 571. The Morgan fingerprint density at radius 1 is 1.57 bits per heavy atom. The molecule has 0 unspecified atom stereocenters. The standard InChI is InChI=1S/C7H6N4O2S/c8-4(12)3-1-2-5(13)10-7(9)11-6(2)14-3/h1H,(H2,8,12)(H3,9,10,11,13). The molecule has 0 saturated carbocycles. The van der Waals surface area contributed by atoms with Gasteiger partial charge >= 0.3 is 0 Å². The van der Waals surface area contributed by atoms with Gasteiger partial charge in [-0.05, 0) is 6.07 Å². The molecule has 0 radical (unpaired) electrons. The second kappa shape index (κ2) is 2.81. The molecular formula is C7H6N4O2S. The van der Waals surface area contributed by atoms with E-state index in [0.29, 0.717) is 15.1 Å². The molecule has 14 heavy (non-hydrogen) atoms. The molecule has 2 aromatic heterocycles. The number of hydrogen-bond acceptors (Lipinski definition) is 5. The molecule has 0 aliphatic heterocycles. The maximum atomic E-state index is 11.3. The van der Waals surface area contributed by atoms with Gasteiger partial charge in [0.1, 0.15) is 4.83 Å². The molecule has 2 rings (SSSR count). The van der Waals surface area contributed by atoms with Crippen molar-refractivity contribution in [2.45, 2.75) is 0 Å². The van der Waals surface area contributed by atoms with Gasteiger partial charge in [-0.3, -0.25) is 14.6 Å². The number of nitrogen functional groups attached to an aromatic ring is 1. The average Bonchev–Trinajstić information content (AvgIpc) is 2.47. The number of primary amides is 1. The zero-order chi connectivity index (χ0) is 10.3. The number of carbonyl (C=O) groups is 1. The number of anilines is 1. The minimum Gasteiger partial charge on any atom is -0.369 e. The Balaban J connectivity index is 2.83. The third kappa shape index (κ3) is 1.23. The molecule has 0 atom stereocenters. The number of carbonyl (C=O) groups excluding carboxylic acids is 1. The summed E-state index contributed by atoms with van der Waals surface area (Å²) in [5.41, 5.74) is 10.0. The lowest BCUT2D eigenvalue weighted by molar-refractivity contribution is 0.100. The van der Waals surface area contributed by atoms with Crippen LogP contribution in [-0.4, -0.2) is 15.9 Å². The SMILES string of the molecule is NC(=O)c1cc2c(=O)[nH]c(N)nc2s1. The summed E-state index contributed by atoms with van der Waals surface area (Å²) >= 11 is 1.05. The Labute approximate surface area is 81.6 Å². The van der Waals surface area contributed by atoms with E-state index in [1.54, 1.807) is 0 Å². The first kappa shape index (κ1) is 8.70. The number of nitrogens with one attached hydrogen (secondary N) is 1. The Hall–Kier alpha value is -1.89. The second-order valence-electron chi connectivity index (χ2n) is 2.64. The lowest BCUT2D eigenvalue weighted by Crippen LogP contribution is -2.10. The summed E-state index contributed by atoms with van der Waals surface area (Å²) in [5.74, 6) is -0.550. The number of hydrogen-bond donors (Lipinski definition) is 3. The highest BCUT2D eigenvalue weighted by Gasteiger charge is 2.10. The van der Waals surface area contributed by atoms with E-state index < -0.39 is 5.91 Å². The van der Waals surface area contributed by atoms with Crippen LogP contribution in [0, 0.1) is 0 Å². The zero-order valence-electron chi connectivity index (χ0n) is 6.90. The third-order valence-corrected chi connectivity index (χ3v) is 2.71. The molecular weight excluding hydrogens is 204 g/mol. The van der Waals surface area contributed by atoms with Gasteiger partial charge in [0, 0.05) is 0 Å². The predicted molar refractivity (Wildman–Crippen MR) is 53.2 cm³/mol. The number of rotatable bonds is 1. The highest BCUT2D eigenvalue weighted by Crippen LogP contribution is 2.20. The molecule has 0 bridgehead atoms. The molecule has 2 aromatic rings. The summed E-state index contributed by atoms with van der Waals surface area (Å²) in [7, 11) is 0. The van der Waals surface area contributed by atoms with E-state index in [1.807, 2.05) is 0 Å². The van der Waals surface area contributed by atoms with Crippen LogP contribution in [0.5, 0.6) is 0 Å². The highest BCUT2D eigenvalue weighted by molar-refractivity contribution is 7.20. The van der Waals surface area contributed by atoms with Crippen LogP contribution in [0.15, 0.2) is 10.9 Å². The highest BCUT2D eigenvalue weighted by atomic mass is 32.1. The van der Waals surface area contributed by atoms with E-state index >= 15 is 0 Å². The number of amides is 1. The van der Waals surface area contributed by atoms with Crippen LogP contribution in [-0.2, 0) is 0 Å². The van der Waals surface area contributed by atoms with Gasteiger partial charge in [0.25, 0.3) is 11.5 Å².